The van der Waals surface area contributed by atoms with Crippen molar-refractivity contribution in [3.8, 4) is 6.07 Å². The van der Waals surface area contributed by atoms with Gasteiger partial charge in [0.05, 0.1) is 5.56 Å². The van der Waals surface area contributed by atoms with E-state index in [1.807, 2.05) is 6.07 Å². The molecule has 4 rings (SSSR count). The number of nitrogens with zero attached hydrogens (tertiary/aromatic N) is 3. The fourth-order valence-corrected chi connectivity index (χ4v) is 3.77. The summed E-state index contributed by atoms with van der Waals surface area (Å²) in [5.41, 5.74) is 3.92. The van der Waals surface area contributed by atoms with Gasteiger partial charge in [0.2, 0.25) is 0 Å². The number of alkyl halides is 2. The summed E-state index contributed by atoms with van der Waals surface area (Å²) in [6.07, 6.45) is -2.05. The molecule has 1 aliphatic heterocycles. The maximum Gasteiger partial charge on any atom is 0.283 e. The van der Waals surface area contributed by atoms with Gasteiger partial charge < -0.3 is 15.8 Å². The highest BCUT2D eigenvalue weighted by atomic mass is 19.3. The van der Waals surface area contributed by atoms with Crippen LogP contribution in [0.15, 0.2) is 35.5 Å². The smallest absolute Gasteiger partial charge is 0.283 e. The van der Waals surface area contributed by atoms with Gasteiger partial charge in [-0.2, -0.15) is 5.26 Å². The van der Waals surface area contributed by atoms with E-state index < -0.39 is 41.7 Å². The first-order chi connectivity index (χ1) is 14.3. The number of nitrogens with two attached hydrogens (primary N) is 1. The molecular formula is C20H16F3N5O2. The number of hydrogen-bond acceptors (Lipinski definition) is 6. The van der Waals surface area contributed by atoms with Crippen LogP contribution in [0.2, 0.25) is 0 Å². The Kier molecular flexibility index (Phi) is 4.61. The largest absolute Gasteiger partial charge is 0.462 e. The molecule has 0 saturated heterocycles. The summed E-state index contributed by atoms with van der Waals surface area (Å²) < 4.78 is 48.2. The van der Waals surface area contributed by atoms with Crippen LogP contribution in [0, 0.1) is 30.0 Å². The molecule has 10 heteroatoms. The number of fused-ring (bicyclic) bond motifs is 1. The number of amides is 1. The molecule has 1 aliphatic carbocycles. The minimum Gasteiger partial charge on any atom is -0.462 e. The van der Waals surface area contributed by atoms with Gasteiger partial charge in [-0.1, -0.05) is 0 Å². The van der Waals surface area contributed by atoms with Crippen molar-refractivity contribution >= 4 is 17.6 Å². The Hall–Kier alpha value is -3.61. The summed E-state index contributed by atoms with van der Waals surface area (Å²) in [7, 11) is 0. The molecule has 1 aromatic carbocycles. The van der Waals surface area contributed by atoms with E-state index in [1.54, 1.807) is 6.92 Å². The van der Waals surface area contributed by atoms with Crippen molar-refractivity contribution in [3.63, 3.8) is 0 Å². The number of benzene rings is 1. The zero-order chi connectivity index (χ0) is 21.6. The molecule has 0 bridgehead atoms. The van der Waals surface area contributed by atoms with E-state index >= 15 is 0 Å². The lowest BCUT2D eigenvalue weighted by atomic mass is 9.84. The zero-order valence-corrected chi connectivity index (χ0v) is 15.7. The Morgan fingerprint density at radius 1 is 1.43 bits per heavy atom. The number of amidine groups is 1. The topological polar surface area (TPSA) is 113 Å². The number of ether oxygens (including phenoxy) is 1. The van der Waals surface area contributed by atoms with Crippen molar-refractivity contribution in [2.24, 2.45) is 16.6 Å². The minimum absolute atomic E-state index is 0.0547. The third-order valence-electron chi connectivity index (χ3n) is 5.28. The second-order valence-electron chi connectivity index (χ2n) is 7.22. The molecule has 0 spiro atoms. The third kappa shape index (κ3) is 3.12. The van der Waals surface area contributed by atoms with Gasteiger partial charge in [-0.05, 0) is 43.2 Å². The Morgan fingerprint density at radius 3 is 2.87 bits per heavy atom. The summed E-state index contributed by atoms with van der Waals surface area (Å²) in [6, 6.07) is 6.38. The van der Waals surface area contributed by atoms with E-state index in [2.05, 4.69) is 15.3 Å². The molecule has 1 saturated carbocycles. The fourth-order valence-electron chi connectivity index (χ4n) is 3.77. The number of nitriles is 1. The van der Waals surface area contributed by atoms with Gasteiger partial charge >= 0.3 is 0 Å². The molecule has 2 heterocycles. The van der Waals surface area contributed by atoms with E-state index in [0.717, 1.165) is 12.1 Å². The molecule has 30 heavy (non-hydrogen) atoms. The fraction of sp³-hybridized carbons (Fsp3) is 0.300. The molecule has 1 unspecified atom stereocenters. The standard InChI is InChI=1S/C20H16F3N5O2/c1-9-4-10(7-24)8-26-16(9)17(29)27-11-2-3-14(21)12(5-11)20(18(22)23)13-6-15(13)30-19(25)28-20/h2-5,8,13,15,18H,6H2,1H3,(H2,25,28)(H,27,29)/t13?,15-,20-/m1/s1. The van der Waals surface area contributed by atoms with E-state index in [1.165, 1.54) is 18.3 Å². The first-order valence-electron chi connectivity index (χ1n) is 9.04. The van der Waals surface area contributed by atoms with E-state index in [0.29, 0.717) is 11.1 Å². The Morgan fingerprint density at radius 2 is 2.20 bits per heavy atom. The van der Waals surface area contributed by atoms with Gasteiger partial charge in [0, 0.05) is 23.4 Å². The van der Waals surface area contributed by atoms with E-state index in [-0.39, 0.29) is 23.4 Å². The quantitative estimate of drug-likeness (QED) is 0.797. The first kappa shape index (κ1) is 19.7. The second kappa shape index (κ2) is 7.02. The molecule has 2 aromatic rings. The summed E-state index contributed by atoms with van der Waals surface area (Å²) in [5.74, 6) is -2.22. The van der Waals surface area contributed by atoms with Gasteiger partial charge in [0.15, 0.2) is 5.54 Å². The molecule has 154 valence electrons. The van der Waals surface area contributed by atoms with Crippen LogP contribution in [0.3, 0.4) is 0 Å². The number of hydrogen-bond donors (Lipinski definition) is 2. The maximum atomic E-state index is 14.6. The summed E-state index contributed by atoms with van der Waals surface area (Å²) in [6.45, 7) is 1.61. The number of nitrogens with one attached hydrogen (secondary N) is 1. The number of rotatable bonds is 4. The highest BCUT2D eigenvalue weighted by Crippen LogP contribution is 2.56. The van der Waals surface area contributed by atoms with Crippen LogP contribution in [-0.4, -0.2) is 29.4 Å². The number of anilines is 1. The van der Waals surface area contributed by atoms with Crippen molar-refractivity contribution in [2.75, 3.05) is 5.32 Å². The maximum absolute atomic E-state index is 14.6. The van der Waals surface area contributed by atoms with E-state index in [9.17, 15) is 18.0 Å². The van der Waals surface area contributed by atoms with Crippen molar-refractivity contribution in [3.05, 3.63) is 58.7 Å². The molecule has 2 aliphatic rings. The van der Waals surface area contributed by atoms with Gasteiger partial charge in [-0.15, -0.1) is 0 Å². The monoisotopic (exact) mass is 415 g/mol. The SMILES string of the molecule is Cc1cc(C#N)cnc1C(=O)Nc1ccc(F)c([C@@]2(C(F)F)N=C(N)O[C@@H]3CC32)c1. The number of aromatic nitrogens is 1. The number of carbonyl (C=O) groups is 1. The number of aryl methyl sites for hydroxylation is 1. The summed E-state index contributed by atoms with van der Waals surface area (Å²) >= 11 is 0. The van der Waals surface area contributed by atoms with Gasteiger partial charge in [-0.25, -0.2) is 23.1 Å². The Labute approximate surface area is 169 Å². The van der Waals surface area contributed by atoms with Crippen molar-refractivity contribution in [1.82, 2.24) is 4.98 Å². The van der Waals surface area contributed by atoms with Crippen LogP contribution in [0.5, 0.6) is 0 Å². The first-order valence-corrected chi connectivity index (χ1v) is 9.04. The molecule has 1 fully saturated rings. The molecule has 3 N–H and O–H groups in total. The predicted octanol–water partition coefficient (Wildman–Crippen LogP) is 2.85. The normalized spacial score (nSPS) is 24.3. The molecule has 7 nitrogen and oxygen atoms in total. The van der Waals surface area contributed by atoms with E-state index in [4.69, 9.17) is 15.7 Å². The highest BCUT2D eigenvalue weighted by Gasteiger charge is 2.64. The minimum atomic E-state index is -3.03. The molecule has 0 radical (unpaired) electrons. The zero-order valence-electron chi connectivity index (χ0n) is 15.7. The molecule has 1 amide bonds. The van der Waals surface area contributed by atoms with Crippen molar-refractivity contribution < 1.29 is 22.7 Å². The lowest BCUT2D eigenvalue weighted by molar-refractivity contribution is 0.0177. The summed E-state index contributed by atoms with van der Waals surface area (Å²) in [5, 5.41) is 11.4. The number of pyridine rings is 1. The van der Waals surface area contributed by atoms with Crippen LogP contribution < -0.4 is 11.1 Å². The van der Waals surface area contributed by atoms with Crippen molar-refractivity contribution in [1.29, 1.82) is 5.26 Å². The van der Waals surface area contributed by atoms with Crippen LogP contribution in [0.4, 0.5) is 18.9 Å². The number of halogens is 3. The van der Waals surface area contributed by atoms with Crippen LogP contribution >= 0.6 is 0 Å². The summed E-state index contributed by atoms with van der Waals surface area (Å²) in [4.78, 5) is 20.3. The van der Waals surface area contributed by atoms with Crippen LogP contribution in [-0.2, 0) is 10.3 Å². The average Bonchev–Trinajstić information content (AvgIpc) is 3.48. The predicted molar refractivity (Wildman–Crippen MR) is 100 cm³/mol. The lowest BCUT2D eigenvalue weighted by Gasteiger charge is -2.33. The third-order valence-corrected chi connectivity index (χ3v) is 5.28. The lowest BCUT2D eigenvalue weighted by Crippen LogP contribution is -2.43. The van der Waals surface area contributed by atoms with Crippen LogP contribution in [0.1, 0.15) is 33.6 Å². The Balaban J connectivity index is 1.70. The van der Waals surface area contributed by atoms with Gasteiger partial charge in [0.25, 0.3) is 18.4 Å². The van der Waals surface area contributed by atoms with Crippen LogP contribution in [0.25, 0.3) is 0 Å². The highest BCUT2D eigenvalue weighted by molar-refractivity contribution is 6.03. The number of aliphatic imine (C=N–C) groups is 1. The van der Waals surface area contributed by atoms with Gasteiger partial charge in [-0.3, -0.25) is 4.79 Å². The molecule has 3 atom stereocenters. The number of carbonyl (C=O) groups excluding carboxylic acids is 1. The molecular weight excluding hydrogens is 399 g/mol. The average molecular weight is 415 g/mol. The van der Waals surface area contributed by atoms with Crippen molar-refractivity contribution in [2.45, 2.75) is 31.4 Å². The second-order valence-corrected chi connectivity index (χ2v) is 7.22. The Bertz CT molecular complexity index is 1110. The van der Waals surface area contributed by atoms with Gasteiger partial charge in [0.1, 0.15) is 23.7 Å². The molecule has 1 aromatic heterocycles.